The van der Waals surface area contributed by atoms with Crippen LogP contribution in [0.4, 0.5) is 0 Å². The Morgan fingerprint density at radius 2 is 1.14 bits per heavy atom. The minimum atomic E-state index is -0.763. The van der Waals surface area contributed by atoms with E-state index >= 15 is 0 Å². The molecule has 1 N–H and O–H groups in total. The lowest BCUT2D eigenvalue weighted by Crippen LogP contribution is -2.28. The second-order valence-electron chi connectivity index (χ2n) is 10.1. The highest BCUT2D eigenvalue weighted by atomic mass is 16.6. The molecule has 0 heterocycles. The van der Waals surface area contributed by atoms with E-state index in [1.54, 1.807) is 6.92 Å². The SMILES string of the molecule is CCCCCCC/C=C\C/C=C\CCCCCCCCCCCCCC(=O)OC(CO)COC(=O)CC. The Hall–Kier alpha value is -1.62. The molecule has 0 aromatic rings. The van der Waals surface area contributed by atoms with E-state index in [2.05, 4.69) is 31.2 Å². The number of allylic oxidation sites excluding steroid dienone is 4. The van der Waals surface area contributed by atoms with E-state index in [1.165, 1.54) is 96.3 Å². The smallest absolute Gasteiger partial charge is 0.306 e. The number of carbonyl (C=O) groups excluding carboxylic acids is 2. The zero-order chi connectivity index (χ0) is 27.2. The molecular weight excluding hydrogens is 464 g/mol. The van der Waals surface area contributed by atoms with Crippen LogP contribution in [0.5, 0.6) is 0 Å². The summed E-state index contributed by atoms with van der Waals surface area (Å²) in [6.45, 7) is 3.54. The van der Waals surface area contributed by atoms with Crippen LogP contribution < -0.4 is 0 Å². The lowest BCUT2D eigenvalue weighted by Gasteiger charge is -2.15. The molecule has 1 unspecified atom stereocenters. The average Bonchev–Trinajstić information content (AvgIpc) is 2.91. The van der Waals surface area contributed by atoms with E-state index in [0.29, 0.717) is 6.42 Å². The summed E-state index contributed by atoms with van der Waals surface area (Å²) in [7, 11) is 0. The summed E-state index contributed by atoms with van der Waals surface area (Å²) < 4.78 is 10.1. The molecule has 0 aromatic carbocycles. The Kier molecular flexibility index (Phi) is 27.7. The van der Waals surface area contributed by atoms with Crippen molar-refractivity contribution in [3.05, 3.63) is 24.3 Å². The van der Waals surface area contributed by atoms with E-state index < -0.39 is 6.10 Å². The zero-order valence-corrected chi connectivity index (χ0v) is 24.2. The first kappa shape index (κ1) is 35.4. The minimum Gasteiger partial charge on any atom is -0.462 e. The van der Waals surface area contributed by atoms with Gasteiger partial charge >= 0.3 is 11.9 Å². The van der Waals surface area contributed by atoms with Gasteiger partial charge in [0.1, 0.15) is 6.61 Å². The number of aliphatic hydroxyl groups is 1. The summed E-state index contributed by atoms with van der Waals surface area (Å²) in [5, 5.41) is 9.24. The van der Waals surface area contributed by atoms with E-state index in [4.69, 9.17) is 9.47 Å². The monoisotopic (exact) mass is 522 g/mol. The third-order valence-electron chi connectivity index (χ3n) is 6.55. The van der Waals surface area contributed by atoms with Crippen molar-refractivity contribution < 1.29 is 24.2 Å². The molecule has 0 spiro atoms. The summed E-state index contributed by atoms with van der Waals surface area (Å²) in [5.74, 6) is -0.692. The maximum Gasteiger partial charge on any atom is 0.306 e. The maximum atomic E-state index is 11.9. The molecule has 37 heavy (non-hydrogen) atoms. The van der Waals surface area contributed by atoms with Gasteiger partial charge in [0.2, 0.25) is 0 Å². The normalized spacial score (nSPS) is 12.4. The van der Waals surface area contributed by atoms with Crippen LogP contribution in [0.15, 0.2) is 24.3 Å². The summed E-state index contributed by atoms with van der Waals surface area (Å²) in [4.78, 5) is 23.0. The van der Waals surface area contributed by atoms with Gasteiger partial charge in [-0.3, -0.25) is 9.59 Å². The molecule has 0 radical (unpaired) electrons. The number of unbranched alkanes of at least 4 members (excludes halogenated alkanes) is 16. The van der Waals surface area contributed by atoms with E-state index in [-0.39, 0.29) is 31.6 Å². The van der Waals surface area contributed by atoms with Crippen molar-refractivity contribution in [3.63, 3.8) is 0 Å². The number of ether oxygens (including phenoxy) is 2. The number of carbonyl (C=O) groups is 2. The number of aliphatic hydroxyl groups excluding tert-OH is 1. The molecule has 0 aliphatic carbocycles. The fraction of sp³-hybridized carbons (Fsp3) is 0.812. The summed E-state index contributed by atoms with van der Waals surface area (Å²) in [5.41, 5.74) is 0. The molecule has 0 saturated heterocycles. The van der Waals surface area contributed by atoms with Crippen LogP contribution >= 0.6 is 0 Å². The predicted octanol–water partition coefficient (Wildman–Crippen LogP) is 8.78. The van der Waals surface area contributed by atoms with Crippen molar-refractivity contribution in [2.24, 2.45) is 0 Å². The Morgan fingerprint density at radius 1 is 0.649 bits per heavy atom. The quantitative estimate of drug-likeness (QED) is 0.0663. The minimum absolute atomic E-state index is 0.0802. The van der Waals surface area contributed by atoms with Crippen LogP contribution in [0, 0.1) is 0 Å². The maximum absolute atomic E-state index is 11.9. The van der Waals surface area contributed by atoms with E-state index in [0.717, 1.165) is 25.7 Å². The highest BCUT2D eigenvalue weighted by Gasteiger charge is 2.15. The summed E-state index contributed by atoms with van der Waals surface area (Å²) >= 11 is 0. The molecule has 0 bridgehead atoms. The molecule has 0 rings (SSSR count). The molecule has 0 saturated carbocycles. The number of esters is 2. The fourth-order valence-electron chi connectivity index (χ4n) is 4.15. The Balaban J connectivity index is 3.37. The molecule has 1 atom stereocenters. The molecule has 216 valence electrons. The van der Waals surface area contributed by atoms with Gasteiger partial charge in [0.05, 0.1) is 6.61 Å². The Labute approximate surface area is 228 Å². The van der Waals surface area contributed by atoms with Crippen LogP contribution in [0.1, 0.15) is 149 Å². The molecule has 5 nitrogen and oxygen atoms in total. The van der Waals surface area contributed by atoms with Crippen LogP contribution in [-0.4, -0.2) is 36.4 Å². The molecule has 5 heteroatoms. The first-order chi connectivity index (χ1) is 18.1. The third-order valence-corrected chi connectivity index (χ3v) is 6.55. The number of rotatable bonds is 27. The van der Waals surface area contributed by atoms with Gasteiger partial charge in [0.25, 0.3) is 0 Å². The molecular formula is C32H58O5. The third kappa shape index (κ3) is 27.2. The van der Waals surface area contributed by atoms with Crippen molar-refractivity contribution in [3.8, 4) is 0 Å². The average molecular weight is 523 g/mol. The van der Waals surface area contributed by atoms with Crippen LogP contribution in [0.2, 0.25) is 0 Å². The Bertz CT molecular complexity index is 570. The summed E-state index contributed by atoms with van der Waals surface area (Å²) in [6, 6.07) is 0. The zero-order valence-electron chi connectivity index (χ0n) is 24.2. The van der Waals surface area contributed by atoms with Gasteiger partial charge in [-0.05, 0) is 38.5 Å². The van der Waals surface area contributed by atoms with E-state index in [9.17, 15) is 14.7 Å². The first-order valence-corrected chi connectivity index (χ1v) is 15.4. The Morgan fingerprint density at radius 3 is 1.62 bits per heavy atom. The fourth-order valence-corrected chi connectivity index (χ4v) is 4.15. The molecule has 0 amide bonds. The molecule has 0 aliphatic rings. The molecule has 0 aliphatic heterocycles. The van der Waals surface area contributed by atoms with Gasteiger partial charge in [-0.2, -0.15) is 0 Å². The molecule has 0 aromatic heterocycles. The molecule has 0 fully saturated rings. The van der Waals surface area contributed by atoms with Crippen molar-refractivity contribution in [2.75, 3.05) is 13.2 Å². The van der Waals surface area contributed by atoms with Crippen molar-refractivity contribution in [1.82, 2.24) is 0 Å². The van der Waals surface area contributed by atoms with Crippen molar-refractivity contribution in [1.29, 1.82) is 0 Å². The van der Waals surface area contributed by atoms with Gasteiger partial charge in [-0.1, -0.05) is 122 Å². The topological polar surface area (TPSA) is 72.8 Å². The van der Waals surface area contributed by atoms with Gasteiger partial charge < -0.3 is 14.6 Å². The van der Waals surface area contributed by atoms with Gasteiger partial charge in [0, 0.05) is 12.8 Å². The second kappa shape index (κ2) is 28.9. The van der Waals surface area contributed by atoms with Gasteiger partial charge in [-0.15, -0.1) is 0 Å². The number of hydrogen-bond donors (Lipinski definition) is 1. The lowest BCUT2D eigenvalue weighted by molar-refractivity contribution is -0.161. The second-order valence-corrected chi connectivity index (χ2v) is 10.1. The van der Waals surface area contributed by atoms with Crippen LogP contribution in [-0.2, 0) is 19.1 Å². The number of hydrogen-bond acceptors (Lipinski definition) is 5. The lowest BCUT2D eigenvalue weighted by atomic mass is 10.0. The van der Waals surface area contributed by atoms with Crippen molar-refractivity contribution >= 4 is 11.9 Å². The van der Waals surface area contributed by atoms with Crippen LogP contribution in [0.25, 0.3) is 0 Å². The van der Waals surface area contributed by atoms with Crippen molar-refractivity contribution in [2.45, 2.75) is 155 Å². The largest absolute Gasteiger partial charge is 0.462 e. The van der Waals surface area contributed by atoms with E-state index in [1.807, 2.05) is 0 Å². The highest BCUT2D eigenvalue weighted by molar-refractivity contribution is 5.70. The predicted molar refractivity (Wildman–Crippen MR) is 155 cm³/mol. The highest BCUT2D eigenvalue weighted by Crippen LogP contribution is 2.13. The first-order valence-electron chi connectivity index (χ1n) is 15.4. The van der Waals surface area contributed by atoms with Crippen LogP contribution in [0.3, 0.4) is 0 Å². The van der Waals surface area contributed by atoms with Gasteiger partial charge in [0.15, 0.2) is 6.10 Å². The standard InChI is InChI=1S/C32H58O5/c1-3-5-6-7-8-9-10-11-12-13-14-15-16-17-18-19-20-21-22-23-24-25-26-27-32(35)37-30(28-33)29-36-31(34)4-2/h10-11,13-14,30,33H,3-9,12,15-29H2,1-2H3/b11-10-,14-13-. The van der Waals surface area contributed by atoms with Gasteiger partial charge in [-0.25, -0.2) is 0 Å². The summed E-state index contributed by atoms with van der Waals surface area (Å²) in [6.07, 6.45) is 33.0.